The molecule has 0 unspecified atom stereocenters. The summed E-state index contributed by atoms with van der Waals surface area (Å²) in [5.41, 5.74) is 0.0338. The quantitative estimate of drug-likeness (QED) is 0.132. The molecule has 3 aromatic carbocycles. The van der Waals surface area contributed by atoms with Gasteiger partial charge in [0.2, 0.25) is 0 Å². The van der Waals surface area contributed by atoms with Crippen molar-refractivity contribution in [2.24, 2.45) is 0 Å². The molecule has 0 saturated heterocycles. The second-order valence-electron chi connectivity index (χ2n) is 8.54. The summed E-state index contributed by atoms with van der Waals surface area (Å²) >= 11 is 0. The predicted octanol–water partition coefficient (Wildman–Crippen LogP) is 6.19. The molecule has 0 N–H and O–H groups in total. The van der Waals surface area contributed by atoms with Gasteiger partial charge in [0.05, 0.1) is 13.2 Å². The third kappa shape index (κ3) is 10.1. The van der Waals surface area contributed by atoms with Crippen molar-refractivity contribution in [1.82, 2.24) is 0 Å². The fourth-order valence-electron chi connectivity index (χ4n) is 3.00. The highest BCUT2D eigenvalue weighted by Crippen LogP contribution is 2.24. The van der Waals surface area contributed by atoms with E-state index in [-0.39, 0.29) is 13.2 Å². The maximum atomic E-state index is 12.1. The molecule has 0 aromatic heterocycles. The second kappa shape index (κ2) is 13.4. The zero-order valence-electron chi connectivity index (χ0n) is 20.3. The highest BCUT2D eigenvalue weighted by molar-refractivity contribution is 5.64. The van der Waals surface area contributed by atoms with Gasteiger partial charge in [0, 0.05) is 5.56 Å². The molecule has 0 aliphatic carbocycles. The Labute approximate surface area is 206 Å². The van der Waals surface area contributed by atoms with E-state index in [0.29, 0.717) is 24.5 Å². The molecule has 0 atom stereocenters. The summed E-state index contributed by atoms with van der Waals surface area (Å²) in [5, 5.41) is 0. The Morgan fingerprint density at radius 2 is 1.20 bits per heavy atom. The van der Waals surface area contributed by atoms with E-state index in [1.165, 1.54) is 0 Å². The fraction of sp³-hybridized carbons (Fsp3) is 0.321. The fourth-order valence-corrected chi connectivity index (χ4v) is 3.00. The molecule has 0 bridgehead atoms. The molecule has 0 heterocycles. The Morgan fingerprint density at radius 3 is 1.71 bits per heavy atom. The first-order valence-electron chi connectivity index (χ1n) is 11.5. The van der Waals surface area contributed by atoms with E-state index in [0.717, 1.165) is 11.5 Å². The monoisotopic (exact) mass is 480 g/mol. The number of benzene rings is 3. The molecule has 7 heteroatoms. The smallest absolute Gasteiger partial charge is 0.491 e. The Balaban J connectivity index is 1.58. The average Bonchev–Trinajstić information content (AvgIpc) is 2.83. The minimum absolute atomic E-state index is 0.288. The molecule has 0 saturated carbocycles. The first kappa shape index (κ1) is 26.1. The van der Waals surface area contributed by atoms with E-state index >= 15 is 0 Å². The first-order valence-corrected chi connectivity index (χ1v) is 11.5. The summed E-state index contributed by atoms with van der Waals surface area (Å²) in [5.74, 6) is 1.85. The van der Waals surface area contributed by atoms with Crippen molar-refractivity contribution >= 4 is 6.16 Å². The van der Waals surface area contributed by atoms with Gasteiger partial charge in [0.25, 0.3) is 0 Å². The van der Waals surface area contributed by atoms with Crippen LogP contribution in [-0.4, -0.2) is 38.2 Å². The van der Waals surface area contributed by atoms with Crippen LogP contribution in [0.1, 0.15) is 32.6 Å². The molecule has 0 amide bonds. The van der Waals surface area contributed by atoms with Gasteiger partial charge >= 0.3 is 6.16 Å². The summed E-state index contributed by atoms with van der Waals surface area (Å²) in [4.78, 5) is 12.1. The number of rotatable bonds is 12. The predicted molar refractivity (Wildman–Crippen MR) is 132 cm³/mol. The molecule has 0 aliphatic heterocycles. The third-order valence-corrected chi connectivity index (χ3v) is 4.45. The Kier molecular flexibility index (Phi) is 9.95. The lowest BCUT2D eigenvalue weighted by atomic mass is 10.2. The van der Waals surface area contributed by atoms with E-state index in [9.17, 15) is 4.79 Å². The molecule has 3 rings (SSSR count). The van der Waals surface area contributed by atoms with Gasteiger partial charge in [-0.3, -0.25) is 0 Å². The van der Waals surface area contributed by atoms with Crippen molar-refractivity contribution in [3.05, 3.63) is 90.5 Å². The largest absolute Gasteiger partial charge is 0.514 e. The molecule has 0 spiro atoms. The number of carbonyl (C=O) groups is 1. The molecule has 0 fully saturated rings. The van der Waals surface area contributed by atoms with Crippen LogP contribution in [0.3, 0.4) is 0 Å². The lowest BCUT2D eigenvalue weighted by Gasteiger charge is -2.21. The molecule has 186 valence electrons. The van der Waals surface area contributed by atoms with Gasteiger partial charge in [-0.1, -0.05) is 48.5 Å². The molecule has 3 aromatic rings. The Morgan fingerprint density at radius 1 is 0.686 bits per heavy atom. The van der Waals surface area contributed by atoms with Gasteiger partial charge in [0.15, 0.2) is 6.29 Å². The van der Waals surface area contributed by atoms with Crippen LogP contribution >= 0.6 is 0 Å². The summed E-state index contributed by atoms with van der Waals surface area (Å²) in [7, 11) is 0. The summed E-state index contributed by atoms with van der Waals surface area (Å²) in [6.07, 6.45) is -1.49. The summed E-state index contributed by atoms with van der Waals surface area (Å²) in [6.45, 7) is 6.59. The average molecular weight is 481 g/mol. The van der Waals surface area contributed by atoms with E-state index < -0.39 is 18.0 Å². The summed E-state index contributed by atoms with van der Waals surface area (Å²) < 4.78 is 33.9. The minimum Gasteiger partial charge on any atom is -0.491 e. The van der Waals surface area contributed by atoms with Crippen LogP contribution in [0.4, 0.5) is 4.79 Å². The molecule has 35 heavy (non-hydrogen) atoms. The number of para-hydroxylation sites is 2. The van der Waals surface area contributed by atoms with Crippen molar-refractivity contribution in [1.29, 1.82) is 0 Å². The van der Waals surface area contributed by atoms with Gasteiger partial charge in [-0.25, -0.2) is 4.79 Å². The standard InChI is InChI=1S/C28H32O7/c1-28(2,3)35-27(29)34-25-16-10-11-22(21-25)26(32-19-17-30-23-12-6-4-7-13-23)33-20-18-31-24-14-8-5-9-15-24/h4-16,21,26H,17-20H2,1-3H3. The number of hydrogen-bond acceptors (Lipinski definition) is 7. The van der Waals surface area contributed by atoms with Crippen molar-refractivity contribution < 1.29 is 33.2 Å². The lowest BCUT2D eigenvalue weighted by molar-refractivity contribution is -0.154. The highest BCUT2D eigenvalue weighted by Gasteiger charge is 2.19. The van der Waals surface area contributed by atoms with Gasteiger partial charge in [-0.05, 0) is 57.2 Å². The lowest BCUT2D eigenvalue weighted by Crippen LogP contribution is -2.26. The van der Waals surface area contributed by atoms with E-state index in [4.69, 9.17) is 28.4 Å². The Hall–Kier alpha value is -3.55. The molecule has 0 radical (unpaired) electrons. The summed E-state index contributed by atoms with van der Waals surface area (Å²) in [6, 6.07) is 26.0. The second-order valence-corrected chi connectivity index (χ2v) is 8.54. The van der Waals surface area contributed by atoms with Crippen molar-refractivity contribution in [3.63, 3.8) is 0 Å². The van der Waals surface area contributed by atoms with Crippen molar-refractivity contribution in [2.45, 2.75) is 32.7 Å². The molecular formula is C28H32O7. The van der Waals surface area contributed by atoms with Gasteiger partial charge < -0.3 is 28.4 Å². The van der Waals surface area contributed by atoms with Crippen LogP contribution in [0.2, 0.25) is 0 Å². The first-order chi connectivity index (χ1) is 16.9. The van der Waals surface area contributed by atoms with Crippen molar-refractivity contribution in [2.75, 3.05) is 26.4 Å². The zero-order valence-corrected chi connectivity index (χ0v) is 20.3. The molecule has 7 nitrogen and oxygen atoms in total. The Bertz CT molecular complexity index is 969. The van der Waals surface area contributed by atoms with Crippen LogP contribution in [0.25, 0.3) is 0 Å². The van der Waals surface area contributed by atoms with Gasteiger partial charge in [-0.2, -0.15) is 0 Å². The number of hydrogen-bond donors (Lipinski definition) is 0. The highest BCUT2D eigenvalue weighted by atomic mass is 16.7. The number of carbonyl (C=O) groups excluding carboxylic acids is 1. The van der Waals surface area contributed by atoms with Crippen LogP contribution in [-0.2, 0) is 14.2 Å². The van der Waals surface area contributed by atoms with Gasteiger partial charge in [0.1, 0.15) is 36.1 Å². The maximum absolute atomic E-state index is 12.1. The van der Waals surface area contributed by atoms with E-state index in [2.05, 4.69) is 0 Å². The minimum atomic E-state index is -0.777. The van der Waals surface area contributed by atoms with E-state index in [1.807, 2.05) is 66.7 Å². The number of ether oxygens (including phenoxy) is 6. The SMILES string of the molecule is CC(C)(C)OC(=O)Oc1cccc(C(OCCOc2ccccc2)OCCOc2ccccc2)c1. The zero-order chi connectivity index (χ0) is 24.9. The van der Waals surface area contributed by atoms with E-state index in [1.54, 1.807) is 39.0 Å². The van der Waals surface area contributed by atoms with Crippen LogP contribution < -0.4 is 14.2 Å². The third-order valence-electron chi connectivity index (χ3n) is 4.45. The van der Waals surface area contributed by atoms with Gasteiger partial charge in [-0.15, -0.1) is 0 Å². The van der Waals surface area contributed by atoms with Crippen LogP contribution in [0, 0.1) is 0 Å². The van der Waals surface area contributed by atoms with Crippen molar-refractivity contribution in [3.8, 4) is 17.2 Å². The van der Waals surface area contributed by atoms with Crippen LogP contribution in [0.15, 0.2) is 84.9 Å². The molecular weight excluding hydrogens is 448 g/mol. The topological polar surface area (TPSA) is 72.5 Å². The molecule has 0 aliphatic rings. The van der Waals surface area contributed by atoms with Crippen LogP contribution in [0.5, 0.6) is 17.2 Å². The maximum Gasteiger partial charge on any atom is 0.514 e. The normalized spacial score (nSPS) is 11.2.